The normalized spacial score (nSPS) is 10.1. The average Bonchev–Trinajstić information content (AvgIpc) is 2.65. The molecule has 1 aromatic heterocycles. The lowest BCUT2D eigenvalue weighted by atomic mass is 10.2. The highest BCUT2D eigenvalue weighted by Crippen LogP contribution is 2.37. The van der Waals surface area contributed by atoms with Crippen LogP contribution in [0.3, 0.4) is 0 Å². The Morgan fingerprint density at radius 3 is 2.44 bits per heavy atom. The molecule has 9 heteroatoms. The molecule has 0 atom stereocenters. The van der Waals surface area contributed by atoms with Crippen LogP contribution < -0.4 is 10.1 Å². The number of esters is 1. The Labute approximate surface area is 167 Å². The Morgan fingerprint density at radius 1 is 1.19 bits per heavy atom. The van der Waals surface area contributed by atoms with E-state index < -0.39 is 11.9 Å². The summed E-state index contributed by atoms with van der Waals surface area (Å²) in [6.07, 6.45) is 2.99. The number of nitrogens with zero attached hydrogens (tertiary/aromatic N) is 2. The maximum absolute atomic E-state index is 12.1. The number of hydrogen-bond donors (Lipinski definition) is 1. The van der Waals surface area contributed by atoms with Crippen molar-refractivity contribution in [3.05, 3.63) is 42.2 Å². The average molecular weight is 406 g/mol. The van der Waals surface area contributed by atoms with Crippen molar-refractivity contribution in [3.63, 3.8) is 0 Å². The van der Waals surface area contributed by atoms with Crippen LogP contribution in [0.1, 0.15) is 5.56 Å². The van der Waals surface area contributed by atoms with Crippen molar-refractivity contribution < 1.29 is 19.1 Å². The van der Waals surface area contributed by atoms with E-state index >= 15 is 0 Å². The predicted octanol–water partition coefficient (Wildman–Crippen LogP) is 3.23. The van der Waals surface area contributed by atoms with Gasteiger partial charge in [-0.15, -0.1) is 0 Å². The van der Waals surface area contributed by atoms with Crippen molar-refractivity contribution in [2.45, 2.75) is 11.8 Å². The number of hydrogen-bond acceptors (Lipinski definition) is 7. The first-order valence-corrected chi connectivity index (χ1v) is 9.05. The monoisotopic (exact) mass is 405 g/mol. The minimum absolute atomic E-state index is 0.280. The zero-order valence-corrected chi connectivity index (χ0v) is 16.9. The fourth-order valence-electron chi connectivity index (χ4n) is 1.88. The van der Waals surface area contributed by atoms with E-state index in [2.05, 4.69) is 15.0 Å². The summed E-state index contributed by atoms with van der Waals surface area (Å²) in [7, 11) is 4.75. The van der Waals surface area contributed by atoms with Crippen LogP contribution in [-0.2, 0) is 14.3 Å². The van der Waals surface area contributed by atoms with Crippen molar-refractivity contribution in [2.24, 2.45) is 0 Å². The van der Waals surface area contributed by atoms with E-state index in [1.54, 1.807) is 17.0 Å². The summed E-state index contributed by atoms with van der Waals surface area (Å²) >= 11 is 6.53. The molecular weight excluding hydrogens is 386 g/mol. The summed E-state index contributed by atoms with van der Waals surface area (Å²) in [6.45, 7) is 1.97. The van der Waals surface area contributed by atoms with Gasteiger partial charge in [0.15, 0.2) is 5.75 Å². The molecule has 2 rings (SSSR count). The Kier molecular flexibility index (Phi) is 7.14. The first kappa shape index (κ1) is 20.7. The fraction of sp³-hybridized carbons (Fsp3) is 0.222. The SMILES string of the molecule is COC(=O)C(=O)Nc1c(Oc2ccc(C)cc2)cncc1SC(=S)N(C)C. The van der Waals surface area contributed by atoms with Crippen LogP contribution in [0.2, 0.25) is 0 Å². The molecule has 0 spiro atoms. The minimum Gasteiger partial charge on any atom is -0.462 e. The molecule has 0 saturated heterocycles. The molecule has 0 bridgehead atoms. The lowest BCUT2D eigenvalue weighted by Gasteiger charge is -2.17. The van der Waals surface area contributed by atoms with Crippen LogP contribution in [0, 0.1) is 6.92 Å². The second-order valence-electron chi connectivity index (χ2n) is 5.63. The number of ether oxygens (including phenoxy) is 2. The minimum atomic E-state index is -1.01. The summed E-state index contributed by atoms with van der Waals surface area (Å²) in [4.78, 5) is 30.0. The van der Waals surface area contributed by atoms with E-state index in [0.717, 1.165) is 12.7 Å². The standard InChI is InChI=1S/C18H19N3O4S2/c1-11-5-7-12(8-6-11)25-13-9-19-10-14(27-18(26)21(2)3)15(13)20-16(22)17(23)24-4/h5-10H,1-4H3,(H,19,20,22). The van der Waals surface area contributed by atoms with E-state index in [-0.39, 0.29) is 11.4 Å². The highest BCUT2D eigenvalue weighted by molar-refractivity contribution is 8.23. The number of methoxy groups -OCH3 is 1. The molecule has 0 fully saturated rings. The number of thiocarbonyl (C=S) groups is 1. The number of amides is 1. The van der Waals surface area contributed by atoms with Gasteiger partial charge in [0.25, 0.3) is 0 Å². The maximum Gasteiger partial charge on any atom is 0.396 e. The molecule has 0 aliphatic carbocycles. The molecule has 1 amide bonds. The number of aromatic nitrogens is 1. The smallest absolute Gasteiger partial charge is 0.396 e. The number of aryl methyl sites for hydroxylation is 1. The summed E-state index contributed by atoms with van der Waals surface area (Å²) in [6, 6.07) is 7.39. The van der Waals surface area contributed by atoms with E-state index in [1.165, 1.54) is 24.2 Å². The number of benzene rings is 1. The molecule has 0 aliphatic rings. The Balaban J connectivity index is 2.41. The summed E-state index contributed by atoms with van der Waals surface area (Å²) in [5, 5.41) is 2.53. The van der Waals surface area contributed by atoms with Gasteiger partial charge in [-0.05, 0) is 19.1 Å². The number of rotatable bonds is 4. The lowest BCUT2D eigenvalue weighted by Crippen LogP contribution is -2.24. The molecule has 1 aromatic carbocycles. The molecular formula is C18H19N3O4S2. The van der Waals surface area contributed by atoms with E-state index in [4.69, 9.17) is 17.0 Å². The van der Waals surface area contributed by atoms with Gasteiger partial charge in [0.1, 0.15) is 15.8 Å². The van der Waals surface area contributed by atoms with Crippen molar-refractivity contribution in [2.75, 3.05) is 26.5 Å². The molecule has 142 valence electrons. The van der Waals surface area contributed by atoms with Crippen molar-refractivity contribution >= 4 is 45.9 Å². The lowest BCUT2D eigenvalue weighted by molar-refractivity contribution is -0.150. The van der Waals surface area contributed by atoms with Crippen LogP contribution in [0.25, 0.3) is 0 Å². The highest BCUT2D eigenvalue weighted by atomic mass is 32.2. The van der Waals surface area contributed by atoms with Crippen LogP contribution in [0.15, 0.2) is 41.6 Å². The molecule has 0 aliphatic heterocycles. The molecule has 0 unspecified atom stereocenters. The largest absolute Gasteiger partial charge is 0.462 e. The summed E-state index contributed by atoms with van der Waals surface area (Å²) in [5.41, 5.74) is 1.37. The van der Waals surface area contributed by atoms with Crippen LogP contribution in [-0.4, -0.2) is 47.3 Å². The van der Waals surface area contributed by atoms with E-state index in [0.29, 0.717) is 15.0 Å². The zero-order chi connectivity index (χ0) is 20.0. The third-order valence-corrected chi connectivity index (χ3v) is 4.98. The van der Waals surface area contributed by atoms with Gasteiger partial charge in [-0.1, -0.05) is 41.7 Å². The Bertz CT molecular complexity index is 854. The number of carbonyl (C=O) groups excluding carboxylic acids is 2. The maximum atomic E-state index is 12.1. The van der Waals surface area contributed by atoms with E-state index in [9.17, 15) is 9.59 Å². The first-order valence-electron chi connectivity index (χ1n) is 7.82. The predicted molar refractivity (Wildman–Crippen MR) is 108 cm³/mol. The van der Waals surface area contributed by atoms with Gasteiger partial charge in [-0.25, -0.2) is 4.79 Å². The van der Waals surface area contributed by atoms with Crippen molar-refractivity contribution in [3.8, 4) is 11.5 Å². The van der Waals surface area contributed by atoms with Gasteiger partial charge < -0.3 is 19.7 Å². The topological polar surface area (TPSA) is 80.8 Å². The first-order chi connectivity index (χ1) is 12.8. The van der Waals surface area contributed by atoms with E-state index in [1.807, 2.05) is 33.2 Å². The highest BCUT2D eigenvalue weighted by Gasteiger charge is 2.21. The van der Waals surface area contributed by atoms with Crippen LogP contribution in [0.5, 0.6) is 11.5 Å². The molecule has 27 heavy (non-hydrogen) atoms. The second-order valence-corrected chi connectivity index (χ2v) is 7.31. The number of thioether (sulfide) groups is 1. The number of carbonyl (C=O) groups is 2. The van der Waals surface area contributed by atoms with Gasteiger partial charge in [0.05, 0.1) is 18.2 Å². The van der Waals surface area contributed by atoms with Crippen molar-refractivity contribution in [1.82, 2.24) is 9.88 Å². The van der Waals surface area contributed by atoms with Crippen LogP contribution >= 0.6 is 24.0 Å². The molecule has 0 radical (unpaired) electrons. The van der Waals surface area contributed by atoms with Gasteiger partial charge in [0.2, 0.25) is 0 Å². The third-order valence-electron chi connectivity index (χ3n) is 3.30. The van der Waals surface area contributed by atoms with Gasteiger partial charge >= 0.3 is 11.9 Å². The van der Waals surface area contributed by atoms with Gasteiger partial charge in [-0.3, -0.25) is 9.78 Å². The fourth-order valence-corrected chi connectivity index (χ4v) is 2.88. The Hall–Kier alpha value is -2.65. The molecule has 0 saturated carbocycles. The number of nitrogens with one attached hydrogen (secondary N) is 1. The number of anilines is 1. The summed E-state index contributed by atoms with van der Waals surface area (Å²) in [5.74, 6) is -1.09. The third kappa shape index (κ3) is 5.66. The Morgan fingerprint density at radius 2 is 1.85 bits per heavy atom. The van der Waals surface area contributed by atoms with Gasteiger partial charge in [-0.2, -0.15) is 0 Å². The number of pyridine rings is 1. The second kappa shape index (κ2) is 9.33. The quantitative estimate of drug-likeness (QED) is 0.359. The van der Waals surface area contributed by atoms with Crippen LogP contribution in [0.4, 0.5) is 5.69 Å². The molecule has 2 aromatic rings. The molecule has 1 heterocycles. The summed E-state index contributed by atoms with van der Waals surface area (Å²) < 4.78 is 10.9. The van der Waals surface area contributed by atoms with Gasteiger partial charge in [0, 0.05) is 20.3 Å². The zero-order valence-electron chi connectivity index (χ0n) is 15.3. The molecule has 7 nitrogen and oxygen atoms in total. The van der Waals surface area contributed by atoms with Crippen molar-refractivity contribution in [1.29, 1.82) is 0 Å². The molecule has 1 N–H and O–H groups in total.